The summed E-state index contributed by atoms with van der Waals surface area (Å²) in [6.07, 6.45) is 1.45. The van der Waals surface area contributed by atoms with Crippen molar-refractivity contribution in [2.75, 3.05) is 13.7 Å². The van der Waals surface area contributed by atoms with Gasteiger partial charge in [-0.25, -0.2) is 5.43 Å². The van der Waals surface area contributed by atoms with E-state index in [1.54, 1.807) is 43.5 Å². The molecular weight excluding hydrogens is 466 g/mol. The summed E-state index contributed by atoms with van der Waals surface area (Å²) in [7, 11) is 1.54. The Morgan fingerprint density at radius 2 is 1.88 bits per heavy atom. The Morgan fingerprint density at radius 1 is 1.21 bits per heavy atom. The standard InChI is InChI=1S/C16H13Cl2IN2O3/c1-23-14-4-2-11(17)6-10(14)8-20-21-16(22)9-24-15-5-3-12(18)7-13(15)19/h2-8H,9H2,1H3,(H,21,22)/b20-8-. The lowest BCUT2D eigenvalue weighted by atomic mass is 10.2. The van der Waals surface area contributed by atoms with E-state index in [2.05, 4.69) is 33.1 Å². The minimum absolute atomic E-state index is 0.165. The van der Waals surface area contributed by atoms with Gasteiger partial charge in [0, 0.05) is 15.6 Å². The summed E-state index contributed by atoms with van der Waals surface area (Å²) in [6.45, 7) is -0.165. The summed E-state index contributed by atoms with van der Waals surface area (Å²) in [5.41, 5.74) is 3.03. The van der Waals surface area contributed by atoms with E-state index >= 15 is 0 Å². The Morgan fingerprint density at radius 3 is 2.54 bits per heavy atom. The third-order valence-electron chi connectivity index (χ3n) is 2.84. The number of hydrazone groups is 1. The fraction of sp³-hybridized carbons (Fsp3) is 0.125. The van der Waals surface area contributed by atoms with Crippen LogP contribution in [0.3, 0.4) is 0 Å². The SMILES string of the molecule is COc1ccc(Cl)cc1/C=N\NC(=O)COc1ccc(Cl)cc1I. The van der Waals surface area contributed by atoms with Crippen LogP contribution in [0.25, 0.3) is 0 Å². The number of hydrogen-bond acceptors (Lipinski definition) is 4. The van der Waals surface area contributed by atoms with Gasteiger partial charge < -0.3 is 9.47 Å². The number of methoxy groups -OCH3 is 1. The van der Waals surface area contributed by atoms with Crippen LogP contribution in [0.5, 0.6) is 11.5 Å². The predicted octanol–water partition coefficient (Wildman–Crippen LogP) is 4.14. The van der Waals surface area contributed by atoms with Gasteiger partial charge in [-0.1, -0.05) is 23.2 Å². The average molecular weight is 479 g/mol. The molecule has 0 atom stereocenters. The van der Waals surface area contributed by atoms with E-state index < -0.39 is 5.91 Å². The van der Waals surface area contributed by atoms with Gasteiger partial charge in [-0.05, 0) is 59.0 Å². The number of nitrogens with one attached hydrogen (secondary N) is 1. The second kappa shape index (κ2) is 9.10. The second-order valence-electron chi connectivity index (χ2n) is 4.54. The van der Waals surface area contributed by atoms with Crippen LogP contribution in [0.2, 0.25) is 10.0 Å². The van der Waals surface area contributed by atoms with Crippen molar-refractivity contribution in [1.82, 2.24) is 5.43 Å². The van der Waals surface area contributed by atoms with Crippen LogP contribution in [-0.2, 0) is 4.79 Å². The van der Waals surface area contributed by atoms with Crippen molar-refractivity contribution in [3.63, 3.8) is 0 Å². The molecule has 1 N–H and O–H groups in total. The van der Waals surface area contributed by atoms with E-state index in [9.17, 15) is 4.79 Å². The number of carbonyl (C=O) groups is 1. The molecule has 2 aromatic rings. The Hall–Kier alpha value is -1.51. The average Bonchev–Trinajstić information content (AvgIpc) is 2.54. The van der Waals surface area contributed by atoms with Gasteiger partial charge in [0.15, 0.2) is 6.61 Å². The first-order chi connectivity index (χ1) is 11.5. The van der Waals surface area contributed by atoms with Crippen molar-refractivity contribution in [2.24, 2.45) is 5.10 Å². The minimum atomic E-state index is -0.391. The van der Waals surface area contributed by atoms with Crippen molar-refractivity contribution in [3.05, 3.63) is 55.6 Å². The molecular formula is C16H13Cl2IN2O3. The zero-order chi connectivity index (χ0) is 17.5. The predicted molar refractivity (Wildman–Crippen MR) is 103 cm³/mol. The van der Waals surface area contributed by atoms with Gasteiger partial charge in [-0.3, -0.25) is 4.79 Å². The van der Waals surface area contributed by atoms with Gasteiger partial charge in [0.2, 0.25) is 0 Å². The molecule has 0 aliphatic heterocycles. The smallest absolute Gasteiger partial charge is 0.277 e. The number of amides is 1. The Labute approximate surface area is 163 Å². The molecule has 0 aliphatic rings. The molecule has 2 rings (SSSR count). The summed E-state index contributed by atoms with van der Waals surface area (Å²) in [5, 5.41) is 5.03. The van der Waals surface area contributed by atoms with E-state index in [0.717, 1.165) is 3.57 Å². The fourth-order valence-electron chi connectivity index (χ4n) is 1.75. The number of halogens is 3. The van der Waals surface area contributed by atoms with Gasteiger partial charge in [-0.2, -0.15) is 5.10 Å². The molecule has 0 heterocycles. The summed E-state index contributed by atoms with van der Waals surface area (Å²) in [4.78, 5) is 11.8. The molecule has 126 valence electrons. The molecule has 0 spiro atoms. The molecule has 24 heavy (non-hydrogen) atoms. The Kier molecular flexibility index (Phi) is 7.14. The molecule has 8 heteroatoms. The first-order valence-corrected chi connectivity index (χ1v) is 8.56. The van der Waals surface area contributed by atoms with Crippen molar-refractivity contribution in [1.29, 1.82) is 0 Å². The topological polar surface area (TPSA) is 59.9 Å². The summed E-state index contributed by atoms with van der Waals surface area (Å²) in [6, 6.07) is 10.3. The van der Waals surface area contributed by atoms with Crippen molar-refractivity contribution in [3.8, 4) is 11.5 Å². The van der Waals surface area contributed by atoms with E-state index in [-0.39, 0.29) is 6.61 Å². The number of nitrogens with zero attached hydrogens (tertiary/aromatic N) is 1. The molecule has 0 bridgehead atoms. The van der Waals surface area contributed by atoms with Crippen molar-refractivity contribution < 1.29 is 14.3 Å². The highest BCUT2D eigenvalue weighted by Gasteiger charge is 2.06. The van der Waals surface area contributed by atoms with Crippen LogP contribution >= 0.6 is 45.8 Å². The van der Waals surface area contributed by atoms with Gasteiger partial charge in [0.05, 0.1) is 16.9 Å². The van der Waals surface area contributed by atoms with Crippen LogP contribution in [0, 0.1) is 3.57 Å². The summed E-state index contributed by atoms with van der Waals surface area (Å²) in [5.74, 6) is 0.790. The first-order valence-electron chi connectivity index (χ1n) is 6.73. The molecule has 0 saturated heterocycles. The summed E-state index contributed by atoms with van der Waals surface area (Å²) < 4.78 is 11.4. The van der Waals surface area contributed by atoms with Gasteiger partial charge >= 0.3 is 0 Å². The number of hydrogen-bond donors (Lipinski definition) is 1. The molecule has 0 radical (unpaired) electrons. The zero-order valence-electron chi connectivity index (χ0n) is 12.6. The highest BCUT2D eigenvalue weighted by atomic mass is 127. The van der Waals surface area contributed by atoms with Crippen LogP contribution in [0.15, 0.2) is 41.5 Å². The highest BCUT2D eigenvalue weighted by molar-refractivity contribution is 14.1. The van der Waals surface area contributed by atoms with E-state index in [1.165, 1.54) is 6.21 Å². The monoisotopic (exact) mass is 478 g/mol. The lowest BCUT2D eigenvalue weighted by Gasteiger charge is -2.07. The van der Waals surface area contributed by atoms with E-state index in [1.807, 2.05) is 0 Å². The lowest BCUT2D eigenvalue weighted by molar-refractivity contribution is -0.123. The van der Waals surface area contributed by atoms with Gasteiger partial charge in [0.25, 0.3) is 5.91 Å². The van der Waals surface area contributed by atoms with Crippen LogP contribution < -0.4 is 14.9 Å². The molecule has 2 aromatic carbocycles. The maximum atomic E-state index is 11.8. The normalized spacial score (nSPS) is 10.7. The lowest BCUT2D eigenvalue weighted by Crippen LogP contribution is -2.24. The van der Waals surface area contributed by atoms with Gasteiger partial charge in [-0.15, -0.1) is 0 Å². The molecule has 0 aromatic heterocycles. The number of carbonyl (C=O) groups excluding carboxylic acids is 1. The number of ether oxygens (including phenoxy) is 2. The quantitative estimate of drug-likeness (QED) is 0.385. The molecule has 0 aliphatic carbocycles. The number of rotatable bonds is 6. The van der Waals surface area contributed by atoms with Crippen LogP contribution in [-0.4, -0.2) is 25.8 Å². The fourth-order valence-corrected chi connectivity index (χ4v) is 2.96. The second-order valence-corrected chi connectivity index (χ2v) is 6.58. The largest absolute Gasteiger partial charge is 0.496 e. The van der Waals surface area contributed by atoms with E-state index in [4.69, 9.17) is 32.7 Å². The van der Waals surface area contributed by atoms with E-state index in [0.29, 0.717) is 27.1 Å². The maximum absolute atomic E-state index is 11.8. The van der Waals surface area contributed by atoms with Gasteiger partial charge in [0.1, 0.15) is 11.5 Å². The number of benzene rings is 2. The van der Waals surface area contributed by atoms with Crippen LogP contribution in [0.4, 0.5) is 0 Å². The molecule has 0 saturated carbocycles. The molecule has 1 amide bonds. The van der Waals surface area contributed by atoms with Crippen molar-refractivity contribution >= 4 is 57.9 Å². The minimum Gasteiger partial charge on any atom is -0.496 e. The molecule has 5 nitrogen and oxygen atoms in total. The molecule has 0 unspecified atom stereocenters. The highest BCUT2D eigenvalue weighted by Crippen LogP contribution is 2.24. The Bertz CT molecular complexity index is 769. The van der Waals surface area contributed by atoms with Crippen LogP contribution in [0.1, 0.15) is 5.56 Å². The summed E-state index contributed by atoms with van der Waals surface area (Å²) >= 11 is 13.9. The third-order valence-corrected chi connectivity index (χ3v) is 4.15. The van der Waals surface area contributed by atoms with Crippen molar-refractivity contribution in [2.45, 2.75) is 0 Å². The maximum Gasteiger partial charge on any atom is 0.277 e. The zero-order valence-corrected chi connectivity index (χ0v) is 16.2. The molecule has 0 fully saturated rings. The first kappa shape index (κ1) is 18.8. The third kappa shape index (κ3) is 5.54. The Balaban J connectivity index is 1.90.